The second-order valence-corrected chi connectivity index (χ2v) is 5.48. The Morgan fingerprint density at radius 3 is 2.44 bits per heavy atom. The fraction of sp³-hybridized carbons (Fsp3) is 0.455. The molecule has 0 aromatic heterocycles. The predicted molar refractivity (Wildman–Crippen MR) is 65.9 cm³/mol. The van der Waals surface area contributed by atoms with Gasteiger partial charge in [0.15, 0.2) is 0 Å². The average Bonchev–Trinajstić information content (AvgIpc) is 2.28. The van der Waals surface area contributed by atoms with Crippen molar-refractivity contribution < 1.29 is 8.42 Å². The molecule has 0 aliphatic rings. The van der Waals surface area contributed by atoms with Crippen molar-refractivity contribution in [3.05, 3.63) is 35.9 Å². The van der Waals surface area contributed by atoms with Gasteiger partial charge in [0.25, 0.3) is 0 Å². The summed E-state index contributed by atoms with van der Waals surface area (Å²) in [6.45, 7) is 1.08. The summed E-state index contributed by atoms with van der Waals surface area (Å²) in [7, 11) is -1.35. The van der Waals surface area contributed by atoms with Gasteiger partial charge in [0, 0.05) is 13.1 Å². The molecule has 0 spiro atoms. The molecule has 1 aromatic carbocycles. The highest BCUT2D eigenvalue weighted by molar-refractivity contribution is 7.89. The minimum absolute atomic E-state index is 0.140. The highest BCUT2D eigenvalue weighted by Gasteiger charge is 2.08. The Hall–Kier alpha value is -0.910. The lowest BCUT2D eigenvalue weighted by atomic mass is 10.2. The van der Waals surface area contributed by atoms with Gasteiger partial charge in [-0.2, -0.15) is 0 Å². The first-order valence-electron chi connectivity index (χ1n) is 5.30. The van der Waals surface area contributed by atoms with Gasteiger partial charge in [-0.05, 0) is 19.0 Å². The Morgan fingerprint density at radius 2 is 1.81 bits per heavy atom. The molecule has 0 fully saturated rings. The number of aryl methyl sites for hydroxylation is 1. The molecule has 0 bridgehead atoms. The quantitative estimate of drug-likeness (QED) is 0.679. The van der Waals surface area contributed by atoms with E-state index in [0.29, 0.717) is 19.5 Å². The van der Waals surface area contributed by atoms with Gasteiger partial charge < -0.3 is 5.32 Å². The molecule has 0 radical (unpaired) electrons. The van der Waals surface area contributed by atoms with E-state index in [1.807, 2.05) is 30.3 Å². The minimum Gasteiger partial charge on any atom is -0.318 e. The smallest absolute Gasteiger partial charge is 0.211 e. The molecule has 0 saturated heterocycles. The standard InChI is InChI=1S/C11H18N2O2S/c1-12-8-9-13-16(14,15)10-7-11-5-3-2-4-6-11/h2-6,12-13H,7-10H2,1H3. The van der Waals surface area contributed by atoms with Crippen LogP contribution in [0.5, 0.6) is 0 Å². The van der Waals surface area contributed by atoms with Gasteiger partial charge in [-0.15, -0.1) is 0 Å². The van der Waals surface area contributed by atoms with Crippen LogP contribution in [0.3, 0.4) is 0 Å². The molecular formula is C11H18N2O2S. The van der Waals surface area contributed by atoms with Crippen LogP contribution < -0.4 is 10.0 Å². The third-order valence-electron chi connectivity index (χ3n) is 2.20. The molecule has 0 unspecified atom stereocenters. The van der Waals surface area contributed by atoms with Crippen molar-refractivity contribution in [1.29, 1.82) is 0 Å². The van der Waals surface area contributed by atoms with Crippen LogP contribution in [0, 0.1) is 0 Å². The average molecular weight is 242 g/mol. The lowest BCUT2D eigenvalue weighted by molar-refractivity contribution is 0.579. The Balaban J connectivity index is 2.36. The molecule has 4 nitrogen and oxygen atoms in total. The molecule has 1 aromatic rings. The van der Waals surface area contributed by atoms with Crippen molar-refractivity contribution in [2.75, 3.05) is 25.9 Å². The van der Waals surface area contributed by atoms with E-state index in [1.165, 1.54) is 0 Å². The minimum atomic E-state index is -3.14. The summed E-state index contributed by atoms with van der Waals surface area (Å²) in [6.07, 6.45) is 0.551. The third-order valence-corrected chi connectivity index (χ3v) is 3.58. The van der Waals surface area contributed by atoms with Crippen LogP contribution in [-0.2, 0) is 16.4 Å². The van der Waals surface area contributed by atoms with Crippen molar-refractivity contribution >= 4 is 10.0 Å². The van der Waals surface area contributed by atoms with Gasteiger partial charge in [-0.1, -0.05) is 30.3 Å². The molecule has 0 saturated carbocycles. The lowest BCUT2D eigenvalue weighted by Crippen LogP contribution is -2.32. The molecule has 0 amide bonds. The van der Waals surface area contributed by atoms with Crippen LogP contribution in [-0.4, -0.2) is 34.3 Å². The van der Waals surface area contributed by atoms with Gasteiger partial charge in [-0.3, -0.25) is 0 Å². The molecule has 16 heavy (non-hydrogen) atoms. The second kappa shape index (κ2) is 6.62. The Kier molecular flexibility index (Phi) is 5.45. The summed E-state index contributed by atoms with van der Waals surface area (Å²) in [5.41, 5.74) is 1.04. The third kappa shape index (κ3) is 5.25. The van der Waals surface area contributed by atoms with Crippen LogP contribution in [0.15, 0.2) is 30.3 Å². The molecule has 1 rings (SSSR count). The van der Waals surface area contributed by atoms with Gasteiger partial charge in [0.2, 0.25) is 10.0 Å². The fourth-order valence-electron chi connectivity index (χ4n) is 1.30. The van der Waals surface area contributed by atoms with Crippen molar-refractivity contribution in [1.82, 2.24) is 10.0 Å². The van der Waals surface area contributed by atoms with Crippen LogP contribution in [0.2, 0.25) is 0 Å². The maximum atomic E-state index is 11.5. The van der Waals surface area contributed by atoms with Crippen LogP contribution in [0.1, 0.15) is 5.56 Å². The predicted octanol–water partition coefficient (Wildman–Crippen LogP) is 0.368. The van der Waals surface area contributed by atoms with Gasteiger partial charge in [0.05, 0.1) is 5.75 Å². The maximum absolute atomic E-state index is 11.5. The molecule has 0 heterocycles. The maximum Gasteiger partial charge on any atom is 0.211 e. The van der Waals surface area contributed by atoms with E-state index >= 15 is 0 Å². The first kappa shape index (κ1) is 13.2. The Labute approximate surface area is 97.1 Å². The molecule has 90 valence electrons. The van der Waals surface area contributed by atoms with Crippen molar-refractivity contribution in [2.24, 2.45) is 0 Å². The molecule has 5 heteroatoms. The summed E-state index contributed by atoms with van der Waals surface area (Å²) in [6, 6.07) is 9.61. The topological polar surface area (TPSA) is 58.2 Å². The van der Waals surface area contributed by atoms with Crippen LogP contribution in [0.4, 0.5) is 0 Å². The van der Waals surface area contributed by atoms with E-state index in [0.717, 1.165) is 5.56 Å². The lowest BCUT2D eigenvalue weighted by Gasteiger charge is -2.06. The molecule has 2 N–H and O–H groups in total. The number of sulfonamides is 1. The number of likely N-dealkylation sites (N-methyl/N-ethyl adjacent to an activating group) is 1. The number of hydrogen-bond donors (Lipinski definition) is 2. The zero-order chi connectivity index (χ0) is 11.9. The highest BCUT2D eigenvalue weighted by atomic mass is 32.2. The largest absolute Gasteiger partial charge is 0.318 e. The molecule has 0 aliphatic carbocycles. The monoisotopic (exact) mass is 242 g/mol. The van der Waals surface area contributed by atoms with Gasteiger partial charge >= 0.3 is 0 Å². The van der Waals surface area contributed by atoms with E-state index in [4.69, 9.17) is 0 Å². The van der Waals surface area contributed by atoms with E-state index in [9.17, 15) is 8.42 Å². The summed E-state index contributed by atoms with van der Waals surface area (Å²) in [5.74, 6) is 0.140. The Morgan fingerprint density at radius 1 is 1.12 bits per heavy atom. The first-order chi connectivity index (χ1) is 7.64. The first-order valence-corrected chi connectivity index (χ1v) is 6.95. The van der Waals surface area contributed by atoms with E-state index in [-0.39, 0.29) is 5.75 Å². The highest BCUT2D eigenvalue weighted by Crippen LogP contribution is 2.01. The van der Waals surface area contributed by atoms with E-state index in [2.05, 4.69) is 10.0 Å². The van der Waals surface area contributed by atoms with Crippen molar-refractivity contribution in [3.63, 3.8) is 0 Å². The van der Waals surface area contributed by atoms with Crippen molar-refractivity contribution in [2.45, 2.75) is 6.42 Å². The second-order valence-electron chi connectivity index (χ2n) is 3.55. The van der Waals surface area contributed by atoms with Crippen molar-refractivity contribution in [3.8, 4) is 0 Å². The zero-order valence-corrected chi connectivity index (χ0v) is 10.3. The summed E-state index contributed by atoms with van der Waals surface area (Å²) < 4.78 is 25.6. The summed E-state index contributed by atoms with van der Waals surface area (Å²) >= 11 is 0. The van der Waals surface area contributed by atoms with Gasteiger partial charge in [-0.25, -0.2) is 13.1 Å². The normalized spacial score (nSPS) is 11.6. The zero-order valence-electron chi connectivity index (χ0n) is 9.44. The Bertz CT molecular complexity index is 390. The van der Waals surface area contributed by atoms with E-state index in [1.54, 1.807) is 7.05 Å². The molecular weight excluding hydrogens is 224 g/mol. The number of hydrogen-bond acceptors (Lipinski definition) is 3. The SMILES string of the molecule is CNCCNS(=O)(=O)CCc1ccccc1. The number of nitrogens with one attached hydrogen (secondary N) is 2. The van der Waals surface area contributed by atoms with Crippen LogP contribution >= 0.6 is 0 Å². The molecule has 0 atom stereocenters. The summed E-state index contributed by atoms with van der Waals surface area (Å²) in [4.78, 5) is 0. The van der Waals surface area contributed by atoms with E-state index < -0.39 is 10.0 Å². The number of benzene rings is 1. The molecule has 0 aliphatic heterocycles. The number of rotatable bonds is 7. The summed E-state index contributed by atoms with van der Waals surface area (Å²) in [5, 5.41) is 2.89. The fourth-order valence-corrected chi connectivity index (χ4v) is 2.36. The van der Waals surface area contributed by atoms with Crippen LogP contribution in [0.25, 0.3) is 0 Å². The van der Waals surface area contributed by atoms with Gasteiger partial charge in [0.1, 0.15) is 0 Å².